The molecular weight excluding hydrogens is 328 g/mol. The largest absolute Gasteiger partial charge is 0.424 e. The minimum atomic E-state index is 0.192. The number of aromatic nitrogens is 2. The molecule has 1 aliphatic rings. The van der Waals surface area contributed by atoms with Crippen LogP contribution in [0.25, 0.3) is 0 Å². The van der Waals surface area contributed by atoms with Crippen molar-refractivity contribution in [3.05, 3.63) is 47.7 Å². The molecule has 1 aliphatic heterocycles. The molecule has 6 heteroatoms. The van der Waals surface area contributed by atoms with E-state index >= 15 is 0 Å². The number of hydrogen-bond donors (Lipinski definition) is 0. The molecule has 1 amide bonds. The highest BCUT2D eigenvalue weighted by Crippen LogP contribution is 2.20. The first-order chi connectivity index (χ1) is 12.6. The molecule has 0 spiro atoms. The van der Waals surface area contributed by atoms with Crippen molar-refractivity contribution in [2.45, 2.75) is 58.7 Å². The van der Waals surface area contributed by atoms with Crippen LogP contribution in [0.1, 0.15) is 56.9 Å². The molecule has 0 bridgehead atoms. The van der Waals surface area contributed by atoms with Crippen molar-refractivity contribution >= 4 is 5.91 Å². The first kappa shape index (κ1) is 18.6. The number of hydrogen-bond acceptors (Lipinski definition) is 5. The van der Waals surface area contributed by atoms with Crippen molar-refractivity contribution in [3.8, 4) is 0 Å². The predicted molar refractivity (Wildman–Crippen MR) is 99.4 cm³/mol. The lowest BCUT2D eigenvalue weighted by atomic mass is 10.1. The summed E-state index contributed by atoms with van der Waals surface area (Å²) < 4.78 is 5.74. The second-order valence-corrected chi connectivity index (χ2v) is 7.24. The fourth-order valence-electron chi connectivity index (χ4n) is 3.33. The van der Waals surface area contributed by atoms with E-state index in [1.807, 2.05) is 36.9 Å². The average Bonchev–Trinajstić information content (AvgIpc) is 3.06. The maximum Gasteiger partial charge on any atom is 0.230 e. The van der Waals surface area contributed by atoms with E-state index in [0.717, 1.165) is 19.5 Å². The molecule has 1 aromatic heterocycles. The third-order valence-electron chi connectivity index (χ3n) is 4.87. The van der Waals surface area contributed by atoms with Crippen LogP contribution in [0.5, 0.6) is 0 Å². The van der Waals surface area contributed by atoms with Crippen molar-refractivity contribution in [2.75, 3.05) is 13.1 Å². The van der Waals surface area contributed by atoms with E-state index in [2.05, 4.69) is 34.2 Å². The van der Waals surface area contributed by atoms with E-state index in [-0.39, 0.29) is 17.9 Å². The predicted octanol–water partition coefficient (Wildman–Crippen LogP) is 3.21. The van der Waals surface area contributed by atoms with Crippen LogP contribution < -0.4 is 0 Å². The molecule has 3 rings (SSSR count). The molecule has 26 heavy (non-hydrogen) atoms. The van der Waals surface area contributed by atoms with E-state index in [4.69, 9.17) is 4.42 Å². The minimum absolute atomic E-state index is 0.192. The van der Waals surface area contributed by atoms with Gasteiger partial charge in [-0.15, -0.1) is 10.2 Å². The van der Waals surface area contributed by atoms with E-state index < -0.39 is 0 Å². The third kappa shape index (κ3) is 4.49. The van der Waals surface area contributed by atoms with Gasteiger partial charge in [-0.05, 0) is 12.0 Å². The Morgan fingerprint density at radius 3 is 2.62 bits per heavy atom. The molecule has 140 valence electrons. The van der Waals surface area contributed by atoms with Gasteiger partial charge in [0.1, 0.15) is 0 Å². The summed E-state index contributed by atoms with van der Waals surface area (Å²) in [4.78, 5) is 17.0. The molecular formula is C20H28N4O2. The first-order valence-electron chi connectivity index (χ1n) is 9.44. The minimum Gasteiger partial charge on any atom is -0.424 e. The molecule has 6 nitrogen and oxygen atoms in total. The van der Waals surface area contributed by atoms with Gasteiger partial charge in [0.2, 0.25) is 17.7 Å². The van der Waals surface area contributed by atoms with Crippen molar-refractivity contribution in [2.24, 2.45) is 0 Å². The summed E-state index contributed by atoms with van der Waals surface area (Å²) in [6.45, 7) is 9.04. The zero-order valence-electron chi connectivity index (χ0n) is 15.9. The highest BCUT2D eigenvalue weighted by atomic mass is 16.4. The monoisotopic (exact) mass is 356 g/mol. The van der Waals surface area contributed by atoms with E-state index in [9.17, 15) is 4.79 Å². The summed E-state index contributed by atoms with van der Waals surface area (Å²) >= 11 is 0. The third-order valence-corrected chi connectivity index (χ3v) is 4.87. The Morgan fingerprint density at radius 1 is 1.19 bits per heavy atom. The summed E-state index contributed by atoms with van der Waals surface area (Å²) in [7, 11) is 0. The quantitative estimate of drug-likeness (QED) is 0.795. The maximum atomic E-state index is 12.7. The zero-order valence-corrected chi connectivity index (χ0v) is 15.9. The normalized spacial score (nSPS) is 19.2. The van der Waals surface area contributed by atoms with Gasteiger partial charge < -0.3 is 9.32 Å². The van der Waals surface area contributed by atoms with E-state index in [0.29, 0.717) is 31.3 Å². The van der Waals surface area contributed by atoms with Gasteiger partial charge >= 0.3 is 0 Å². The Bertz CT molecular complexity index is 714. The smallest absolute Gasteiger partial charge is 0.230 e. The average molecular weight is 356 g/mol. The zero-order chi connectivity index (χ0) is 18.5. The lowest BCUT2D eigenvalue weighted by Crippen LogP contribution is -2.42. The van der Waals surface area contributed by atoms with Crippen LogP contribution >= 0.6 is 0 Å². The first-order valence-corrected chi connectivity index (χ1v) is 9.44. The molecule has 0 saturated carbocycles. The van der Waals surface area contributed by atoms with Crippen LogP contribution in [0.15, 0.2) is 34.7 Å². The molecule has 0 N–H and O–H groups in total. The lowest BCUT2D eigenvalue weighted by Gasteiger charge is -2.31. The lowest BCUT2D eigenvalue weighted by molar-refractivity contribution is -0.133. The number of benzene rings is 1. The van der Waals surface area contributed by atoms with Gasteiger partial charge in [-0.3, -0.25) is 9.69 Å². The highest BCUT2D eigenvalue weighted by molar-refractivity contribution is 5.77. The summed E-state index contributed by atoms with van der Waals surface area (Å²) in [6.07, 6.45) is 1.45. The van der Waals surface area contributed by atoms with E-state index in [1.165, 1.54) is 5.56 Å². The summed E-state index contributed by atoms with van der Waals surface area (Å²) in [5.41, 5.74) is 1.17. The fourth-order valence-corrected chi connectivity index (χ4v) is 3.33. The molecule has 1 atom stereocenters. The summed E-state index contributed by atoms with van der Waals surface area (Å²) in [5.74, 6) is 1.75. The van der Waals surface area contributed by atoms with Crippen LogP contribution in [-0.2, 0) is 17.9 Å². The van der Waals surface area contributed by atoms with Gasteiger partial charge in [-0.25, -0.2) is 0 Å². The molecule has 0 aliphatic carbocycles. The molecule has 1 aromatic carbocycles. The Morgan fingerprint density at radius 2 is 1.96 bits per heavy atom. The van der Waals surface area contributed by atoms with Gasteiger partial charge in [0.15, 0.2) is 0 Å². The molecule has 0 radical (unpaired) electrons. The Hall–Kier alpha value is -2.21. The Labute approximate surface area is 155 Å². The second-order valence-electron chi connectivity index (χ2n) is 7.24. The Kier molecular flexibility index (Phi) is 6.04. The van der Waals surface area contributed by atoms with Crippen LogP contribution in [-0.4, -0.2) is 45.0 Å². The maximum absolute atomic E-state index is 12.7. The second kappa shape index (κ2) is 8.45. The van der Waals surface area contributed by atoms with Crippen LogP contribution in [0.4, 0.5) is 0 Å². The van der Waals surface area contributed by atoms with Crippen LogP contribution in [0.3, 0.4) is 0 Å². The molecule has 1 fully saturated rings. The fraction of sp³-hybridized carbons (Fsp3) is 0.550. The molecule has 2 heterocycles. The van der Waals surface area contributed by atoms with Gasteiger partial charge in [0, 0.05) is 38.0 Å². The van der Waals surface area contributed by atoms with Gasteiger partial charge in [-0.2, -0.15) is 0 Å². The topological polar surface area (TPSA) is 62.5 Å². The van der Waals surface area contributed by atoms with Crippen LogP contribution in [0.2, 0.25) is 0 Å². The van der Waals surface area contributed by atoms with Gasteiger partial charge in [-0.1, -0.05) is 51.1 Å². The number of carbonyl (C=O) groups is 1. The number of rotatable bonds is 6. The van der Waals surface area contributed by atoms with Gasteiger partial charge in [0.25, 0.3) is 0 Å². The summed E-state index contributed by atoms with van der Waals surface area (Å²) in [5, 5.41) is 8.27. The highest BCUT2D eigenvalue weighted by Gasteiger charge is 2.29. The molecule has 2 aromatic rings. The van der Waals surface area contributed by atoms with Crippen molar-refractivity contribution < 1.29 is 9.21 Å². The van der Waals surface area contributed by atoms with Crippen molar-refractivity contribution in [3.63, 3.8) is 0 Å². The van der Waals surface area contributed by atoms with Crippen molar-refractivity contribution in [1.29, 1.82) is 0 Å². The number of carbonyl (C=O) groups excluding carboxylic acids is 1. The standard InChI is InChI=1S/C20H28N4O2/c1-4-17-13-23(14-18-21-22-20(26-18)15(2)3)11-10-19(25)24(17)12-16-8-6-5-7-9-16/h5-9,15,17H,4,10-14H2,1-3H3/t17-/m0/s1. The molecule has 0 unspecified atom stereocenters. The Balaban J connectivity index is 1.69. The molecule has 1 saturated heterocycles. The van der Waals surface area contributed by atoms with Crippen LogP contribution in [0, 0.1) is 0 Å². The SMILES string of the molecule is CC[C@H]1CN(Cc2nnc(C(C)C)o2)CCC(=O)N1Cc1ccccc1. The van der Waals surface area contributed by atoms with Gasteiger partial charge in [0.05, 0.1) is 6.54 Å². The van der Waals surface area contributed by atoms with Crippen molar-refractivity contribution in [1.82, 2.24) is 20.0 Å². The number of amides is 1. The van der Waals surface area contributed by atoms with E-state index in [1.54, 1.807) is 0 Å². The number of nitrogens with zero attached hydrogens (tertiary/aromatic N) is 4. The summed E-state index contributed by atoms with van der Waals surface area (Å²) in [6, 6.07) is 10.4.